The van der Waals surface area contributed by atoms with Crippen molar-refractivity contribution >= 4 is 23.0 Å². The minimum absolute atomic E-state index is 0.213. The number of nitrogens with one attached hydrogen (secondary N) is 1. The van der Waals surface area contributed by atoms with Gasteiger partial charge in [-0.3, -0.25) is 14.3 Å². The molecule has 1 N–H and O–H groups in total. The molecule has 4 rings (SSSR count). The Morgan fingerprint density at radius 3 is 2.76 bits per heavy atom. The standard InChI is InChI=1S/C25H29N5O3/c1-15-11-16(2)28-25(32)22(15)13-26-24(31)21-12-19-7-6-10-30(19)23(17(21)3)18(4)33-14-20-8-9-27-29(20)5/h6-12,18,22H,13-14H2,1-5H3,(H,26,31). The van der Waals surface area contributed by atoms with Crippen molar-refractivity contribution in [1.29, 1.82) is 0 Å². The van der Waals surface area contributed by atoms with Crippen LogP contribution >= 0.6 is 0 Å². The van der Waals surface area contributed by atoms with Crippen LogP contribution in [0.5, 0.6) is 0 Å². The lowest BCUT2D eigenvalue weighted by molar-refractivity contribution is -0.120. The van der Waals surface area contributed by atoms with E-state index in [0.29, 0.717) is 17.9 Å². The third-order valence-corrected chi connectivity index (χ3v) is 6.19. The summed E-state index contributed by atoms with van der Waals surface area (Å²) in [6, 6.07) is 7.70. The lowest BCUT2D eigenvalue weighted by atomic mass is 9.95. The molecule has 0 fully saturated rings. The van der Waals surface area contributed by atoms with Crippen LogP contribution in [0.1, 0.15) is 54.2 Å². The molecule has 3 aromatic rings. The zero-order chi connectivity index (χ0) is 23.7. The Bertz CT molecular complexity index is 1280. The van der Waals surface area contributed by atoms with E-state index in [0.717, 1.165) is 28.0 Å². The lowest BCUT2D eigenvalue weighted by Gasteiger charge is -2.22. The van der Waals surface area contributed by atoms with E-state index in [1.165, 1.54) is 0 Å². The molecule has 2 atom stereocenters. The molecule has 2 unspecified atom stereocenters. The Morgan fingerprint density at radius 2 is 2.06 bits per heavy atom. The number of amides is 2. The number of ether oxygens (including phenoxy) is 1. The molecule has 0 saturated heterocycles. The molecule has 0 bridgehead atoms. The first kappa shape index (κ1) is 22.7. The average molecular weight is 448 g/mol. The summed E-state index contributed by atoms with van der Waals surface area (Å²) < 4.78 is 9.99. The second kappa shape index (κ2) is 9.15. The van der Waals surface area contributed by atoms with Gasteiger partial charge >= 0.3 is 0 Å². The molecule has 172 valence electrons. The number of allylic oxidation sites excluding steroid dienone is 1. The third-order valence-electron chi connectivity index (χ3n) is 6.19. The molecule has 4 heterocycles. The average Bonchev–Trinajstić information content (AvgIpc) is 3.39. The normalized spacial score (nSPS) is 17.1. The second-order valence-electron chi connectivity index (χ2n) is 8.51. The maximum absolute atomic E-state index is 13.2. The van der Waals surface area contributed by atoms with E-state index in [1.54, 1.807) is 17.8 Å². The number of pyridine rings is 1. The predicted octanol–water partition coefficient (Wildman–Crippen LogP) is 3.55. The van der Waals surface area contributed by atoms with Gasteiger partial charge < -0.3 is 14.5 Å². The number of aromatic nitrogens is 3. The monoisotopic (exact) mass is 447 g/mol. The van der Waals surface area contributed by atoms with Gasteiger partial charge in [-0.2, -0.15) is 5.10 Å². The van der Waals surface area contributed by atoms with Crippen molar-refractivity contribution in [2.24, 2.45) is 18.0 Å². The molecule has 1 aliphatic rings. The number of rotatable bonds is 7. The number of dihydropyridines is 1. The summed E-state index contributed by atoms with van der Waals surface area (Å²) in [7, 11) is 1.88. The van der Waals surface area contributed by atoms with Gasteiger partial charge in [-0.15, -0.1) is 0 Å². The van der Waals surface area contributed by atoms with Crippen LogP contribution in [0.15, 0.2) is 53.3 Å². The number of hydrogen-bond donors (Lipinski definition) is 1. The molecular formula is C25H29N5O3. The number of aliphatic imine (C=N–C) groups is 1. The van der Waals surface area contributed by atoms with Gasteiger partial charge in [0.25, 0.3) is 11.8 Å². The van der Waals surface area contributed by atoms with Crippen molar-refractivity contribution in [2.75, 3.05) is 6.54 Å². The zero-order valence-corrected chi connectivity index (χ0v) is 19.6. The summed E-state index contributed by atoms with van der Waals surface area (Å²) in [6.07, 6.45) is 5.34. The summed E-state index contributed by atoms with van der Waals surface area (Å²) in [5.41, 5.74) is 5.79. The predicted molar refractivity (Wildman–Crippen MR) is 126 cm³/mol. The smallest absolute Gasteiger partial charge is 0.254 e. The van der Waals surface area contributed by atoms with Gasteiger partial charge in [-0.1, -0.05) is 5.57 Å². The van der Waals surface area contributed by atoms with Crippen LogP contribution in [-0.4, -0.2) is 38.3 Å². The summed E-state index contributed by atoms with van der Waals surface area (Å²) in [6.45, 7) is 8.22. The largest absolute Gasteiger partial charge is 0.366 e. The highest BCUT2D eigenvalue weighted by molar-refractivity contribution is 6.06. The molecule has 0 spiro atoms. The lowest BCUT2D eigenvalue weighted by Crippen LogP contribution is -2.35. The van der Waals surface area contributed by atoms with Crippen LogP contribution in [0.25, 0.3) is 5.52 Å². The van der Waals surface area contributed by atoms with Crippen molar-refractivity contribution in [3.63, 3.8) is 0 Å². The molecule has 0 aliphatic carbocycles. The quantitative estimate of drug-likeness (QED) is 0.600. The van der Waals surface area contributed by atoms with Gasteiger partial charge in [0, 0.05) is 42.8 Å². The summed E-state index contributed by atoms with van der Waals surface area (Å²) in [5.74, 6) is -0.872. The van der Waals surface area contributed by atoms with E-state index in [4.69, 9.17) is 4.74 Å². The molecule has 8 heteroatoms. The van der Waals surface area contributed by atoms with E-state index in [9.17, 15) is 9.59 Å². The number of hydrogen-bond acceptors (Lipinski definition) is 4. The maximum Gasteiger partial charge on any atom is 0.254 e. The molecule has 2 amide bonds. The highest BCUT2D eigenvalue weighted by Crippen LogP contribution is 2.27. The van der Waals surface area contributed by atoms with E-state index >= 15 is 0 Å². The Morgan fingerprint density at radius 1 is 1.27 bits per heavy atom. The first-order chi connectivity index (χ1) is 15.8. The molecular weight excluding hydrogens is 418 g/mol. The van der Waals surface area contributed by atoms with Crippen LogP contribution < -0.4 is 5.32 Å². The molecule has 0 radical (unpaired) electrons. The van der Waals surface area contributed by atoms with E-state index in [2.05, 4.69) is 19.8 Å². The number of carbonyl (C=O) groups is 2. The Hall–Kier alpha value is -3.52. The summed E-state index contributed by atoms with van der Waals surface area (Å²) >= 11 is 0. The van der Waals surface area contributed by atoms with Gasteiger partial charge in [0.1, 0.15) is 0 Å². The first-order valence-electron chi connectivity index (χ1n) is 11.0. The summed E-state index contributed by atoms with van der Waals surface area (Å²) in [4.78, 5) is 29.5. The van der Waals surface area contributed by atoms with Crippen molar-refractivity contribution in [3.05, 3.63) is 70.8 Å². The molecule has 0 saturated carbocycles. The van der Waals surface area contributed by atoms with Gasteiger partial charge in [0.2, 0.25) is 0 Å². The van der Waals surface area contributed by atoms with Crippen LogP contribution in [0.4, 0.5) is 0 Å². The van der Waals surface area contributed by atoms with Gasteiger partial charge in [-0.25, -0.2) is 4.99 Å². The van der Waals surface area contributed by atoms with Crippen LogP contribution in [0.3, 0.4) is 0 Å². The Labute approximate surface area is 193 Å². The van der Waals surface area contributed by atoms with Gasteiger partial charge in [0.05, 0.1) is 30.0 Å². The fourth-order valence-electron chi connectivity index (χ4n) is 4.32. The van der Waals surface area contributed by atoms with Gasteiger partial charge in [-0.05, 0) is 63.6 Å². The SMILES string of the molecule is CC1=CC(C)=NC(=O)C1CNC(=O)c1cc2cccn2c(C(C)OCc2ccnn2C)c1C. The fraction of sp³-hybridized carbons (Fsp3) is 0.360. The minimum Gasteiger partial charge on any atom is -0.366 e. The van der Waals surface area contributed by atoms with Crippen LogP contribution in [0.2, 0.25) is 0 Å². The van der Waals surface area contributed by atoms with Crippen molar-refractivity contribution in [3.8, 4) is 0 Å². The van der Waals surface area contributed by atoms with E-state index in [-0.39, 0.29) is 24.5 Å². The maximum atomic E-state index is 13.2. The molecule has 3 aromatic heterocycles. The molecule has 1 aliphatic heterocycles. The fourth-order valence-corrected chi connectivity index (χ4v) is 4.32. The Balaban J connectivity index is 1.56. The van der Waals surface area contributed by atoms with Crippen LogP contribution in [-0.2, 0) is 23.2 Å². The topological polar surface area (TPSA) is 90.0 Å². The highest BCUT2D eigenvalue weighted by Gasteiger charge is 2.25. The number of carbonyl (C=O) groups excluding carboxylic acids is 2. The van der Waals surface area contributed by atoms with E-state index in [1.807, 2.05) is 64.4 Å². The summed E-state index contributed by atoms with van der Waals surface area (Å²) in [5, 5.41) is 7.12. The molecule has 0 aromatic carbocycles. The zero-order valence-electron chi connectivity index (χ0n) is 19.6. The van der Waals surface area contributed by atoms with Crippen molar-refractivity contribution in [1.82, 2.24) is 19.5 Å². The third kappa shape index (κ3) is 4.52. The van der Waals surface area contributed by atoms with E-state index < -0.39 is 5.92 Å². The number of nitrogens with zero attached hydrogens (tertiary/aromatic N) is 4. The Kier molecular flexibility index (Phi) is 6.29. The van der Waals surface area contributed by atoms with Crippen molar-refractivity contribution in [2.45, 2.75) is 40.4 Å². The van der Waals surface area contributed by atoms with Crippen LogP contribution in [0, 0.1) is 12.8 Å². The highest BCUT2D eigenvalue weighted by atomic mass is 16.5. The number of fused-ring (bicyclic) bond motifs is 1. The van der Waals surface area contributed by atoms with Crippen molar-refractivity contribution < 1.29 is 14.3 Å². The molecule has 33 heavy (non-hydrogen) atoms. The first-order valence-corrected chi connectivity index (χ1v) is 11.0. The van der Waals surface area contributed by atoms with Gasteiger partial charge in [0.15, 0.2) is 0 Å². The second-order valence-corrected chi connectivity index (χ2v) is 8.51. The minimum atomic E-state index is -0.435. The number of aryl methyl sites for hydroxylation is 1. The molecule has 8 nitrogen and oxygen atoms in total.